The SMILES string of the molecule is COc1cc2c(cc1Br)-c1c(c(C(=O)N3CCNC(=O)C3(C)C)nn1-c1cc(Cl)cc(Cl)c1)OCC2. The first-order valence-electron chi connectivity index (χ1n) is 11.3. The zero-order valence-corrected chi connectivity index (χ0v) is 22.9. The molecular weight excluding hydrogens is 571 g/mol. The standard InChI is InChI=1S/C25H23BrCl2N4O4/c1-25(2)24(34)29-5-6-31(25)23(33)20-22-21(32(30-20)16-10-14(27)9-15(28)11-16)17-12-18(26)19(35-3)8-13(17)4-7-36-22/h8-12H,4-7H2,1-3H3,(H,29,34). The van der Waals surface area contributed by atoms with E-state index < -0.39 is 11.4 Å². The Morgan fingerprint density at radius 1 is 1.19 bits per heavy atom. The summed E-state index contributed by atoms with van der Waals surface area (Å²) in [5.74, 6) is 0.408. The second kappa shape index (κ2) is 9.28. The molecule has 0 unspecified atom stereocenters. The molecule has 2 amide bonds. The van der Waals surface area contributed by atoms with E-state index in [1.54, 1.807) is 43.8 Å². The number of nitrogens with zero attached hydrogens (tertiary/aromatic N) is 3. The number of benzene rings is 2. The van der Waals surface area contributed by atoms with Crippen LogP contribution in [-0.2, 0) is 11.2 Å². The van der Waals surface area contributed by atoms with Gasteiger partial charge in [-0.2, -0.15) is 5.10 Å². The number of piperazine rings is 1. The molecule has 11 heteroatoms. The third-order valence-electron chi connectivity index (χ3n) is 6.48. The summed E-state index contributed by atoms with van der Waals surface area (Å²) in [6.07, 6.45) is 0.592. The van der Waals surface area contributed by atoms with E-state index >= 15 is 0 Å². The van der Waals surface area contributed by atoms with Gasteiger partial charge in [0.15, 0.2) is 11.4 Å². The Morgan fingerprint density at radius 2 is 1.92 bits per heavy atom. The third-order valence-corrected chi connectivity index (χ3v) is 7.54. The highest BCUT2D eigenvalue weighted by atomic mass is 79.9. The number of nitrogens with one attached hydrogen (secondary N) is 1. The lowest BCUT2D eigenvalue weighted by atomic mass is 9.98. The van der Waals surface area contributed by atoms with Gasteiger partial charge < -0.3 is 19.7 Å². The second-order valence-corrected chi connectivity index (χ2v) is 10.8. The number of hydrogen-bond acceptors (Lipinski definition) is 5. The van der Waals surface area contributed by atoms with Crippen LogP contribution in [0.2, 0.25) is 10.0 Å². The summed E-state index contributed by atoms with van der Waals surface area (Å²) in [6.45, 7) is 4.46. The first-order valence-corrected chi connectivity index (χ1v) is 12.9. The Morgan fingerprint density at radius 3 is 2.61 bits per heavy atom. The van der Waals surface area contributed by atoms with E-state index in [0.717, 1.165) is 15.6 Å². The van der Waals surface area contributed by atoms with E-state index in [-0.39, 0.29) is 11.6 Å². The van der Waals surface area contributed by atoms with Crippen molar-refractivity contribution in [2.45, 2.75) is 25.8 Å². The van der Waals surface area contributed by atoms with Gasteiger partial charge >= 0.3 is 0 Å². The monoisotopic (exact) mass is 592 g/mol. The maximum Gasteiger partial charge on any atom is 0.279 e. The number of halogens is 3. The van der Waals surface area contributed by atoms with Crippen LogP contribution in [0, 0.1) is 0 Å². The minimum absolute atomic E-state index is 0.115. The maximum absolute atomic E-state index is 13.9. The van der Waals surface area contributed by atoms with Gasteiger partial charge in [0.25, 0.3) is 5.91 Å². The lowest BCUT2D eigenvalue weighted by Gasteiger charge is -2.40. The van der Waals surface area contributed by atoms with Crippen LogP contribution >= 0.6 is 39.1 Å². The topological polar surface area (TPSA) is 85.7 Å². The van der Waals surface area contributed by atoms with Gasteiger partial charge in [0, 0.05) is 35.1 Å². The highest BCUT2D eigenvalue weighted by Crippen LogP contribution is 2.44. The molecule has 1 aromatic heterocycles. The highest BCUT2D eigenvalue weighted by Gasteiger charge is 2.43. The zero-order chi connectivity index (χ0) is 25.8. The fourth-order valence-corrected chi connectivity index (χ4v) is 5.61. The summed E-state index contributed by atoms with van der Waals surface area (Å²) >= 11 is 16.2. The summed E-state index contributed by atoms with van der Waals surface area (Å²) in [5.41, 5.74) is 2.02. The van der Waals surface area contributed by atoms with E-state index in [2.05, 4.69) is 21.2 Å². The van der Waals surface area contributed by atoms with Crippen molar-refractivity contribution in [3.05, 3.63) is 56.1 Å². The molecule has 0 spiro atoms. The average molecular weight is 594 g/mol. The largest absolute Gasteiger partial charge is 0.496 e. The molecule has 2 aromatic carbocycles. The normalized spacial score (nSPS) is 16.4. The average Bonchev–Trinajstić information content (AvgIpc) is 3.10. The summed E-state index contributed by atoms with van der Waals surface area (Å²) in [7, 11) is 1.61. The van der Waals surface area contributed by atoms with E-state index in [9.17, 15) is 9.59 Å². The molecule has 1 N–H and O–H groups in total. The molecule has 0 atom stereocenters. The number of carbonyl (C=O) groups excluding carboxylic acids is 2. The molecule has 1 fully saturated rings. The van der Waals surface area contributed by atoms with Crippen LogP contribution in [0.5, 0.6) is 11.5 Å². The molecule has 3 aromatic rings. The number of aromatic nitrogens is 2. The Hall–Kier alpha value is -2.75. The third kappa shape index (κ3) is 4.13. The summed E-state index contributed by atoms with van der Waals surface area (Å²) in [6, 6.07) is 8.94. The van der Waals surface area contributed by atoms with E-state index in [0.29, 0.717) is 59.0 Å². The van der Waals surface area contributed by atoms with Crippen molar-refractivity contribution in [1.82, 2.24) is 20.0 Å². The predicted molar refractivity (Wildman–Crippen MR) is 141 cm³/mol. The minimum atomic E-state index is -1.05. The predicted octanol–water partition coefficient (Wildman–Crippen LogP) is 4.90. The van der Waals surface area contributed by atoms with Crippen molar-refractivity contribution in [1.29, 1.82) is 0 Å². The van der Waals surface area contributed by atoms with Gasteiger partial charge in [-0.3, -0.25) is 9.59 Å². The van der Waals surface area contributed by atoms with Crippen molar-refractivity contribution in [2.75, 3.05) is 26.8 Å². The number of ether oxygens (including phenoxy) is 2. The molecule has 0 aliphatic carbocycles. The minimum Gasteiger partial charge on any atom is -0.496 e. The van der Waals surface area contributed by atoms with Crippen LogP contribution in [0.1, 0.15) is 29.9 Å². The summed E-state index contributed by atoms with van der Waals surface area (Å²) in [5, 5.41) is 8.40. The van der Waals surface area contributed by atoms with Gasteiger partial charge in [-0.25, -0.2) is 4.68 Å². The van der Waals surface area contributed by atoms with Gasteiger partial charge in [0.1, 0.15) is 17.0 Å². The van der Waals surface area contributed by atoms with Gasteiger partial charge in [0.05, 0.1) is 23.9 Å². The quantitative estimate of drug-likeness (QED) is 0.467. The van der Waals surface area contributed by atoms with Crippen LogP contribution in [0.3, 0.4) is 0 Å². The number of methoxy groups -OCH3 is 1. The molecule has 5 rings (SSSR count). The van der Waals surface area contributed by atoms with Crippen molar-refractivity contribution in [2.24, 2.45) is 0 Å². The molecule has 36 heavy (non-hydrogen) atoms. The van der Waals surface area contributed by atoms with Crippen molar-refractivity contribution in [3.63, 3.8) is 0 Å². The molecule has 2 aliphatic rings. The van der Waals surface area contributed by atoms with Gasteiger partial charge in [-0.05, 0) is 65.7 Å². The summed E-state index contributed by atoms with van der Waals surface area (Å²) in [4.78, 5) is 28.0. The van der Waals surface area contributed by atoms with Crippen LogP contribution in [-0.4, -0.2) is 58.8 Å². The molecule has 188 valence electrons. The molecule has 0 radical (unpaired) electrons. The fourth-order valence-electron chi connectivity index (χ4n) is 4.59. The molecule has 0 bridgehead atoms. The van der Waals surface area contributed by atoms with Crippen LogP contribution < -0.4 is 14.8 Å². The number of hydrogen-bond donors (Lipinski definition) is 1. The Bertz CT molecular complexity index is 1380. The lowest BCUT2D eigenvalue weighted by molar-refractivity contribution is -0.133. The zero-order valence-electron chi connectivity index (χ0n) is 19.8. The molecule has 0 saturated carbocycles. The molecular formula is C25H23BrCl2N4O4. The summed E-state index contributed by atoms with van der Waals surface area (Å²) < 4.78 is 14.1. The van der Waals surface area contributed by atoms with E-state index in [1.165, 1.54) is 4.90 Å². The Balaban J connectivity index is 1.76. The number of fused-ring (bicyclic) bond motifs is 3. The first-order chi connectivity index (χ1) is 17.1. The van der Waals surface area contributed by atoms with E-state index in [1.807, 2.05) is 12.1 Å². The maximum atomic E-state index is 13.9. The van der Waals surface area contributed by atoms with Gasteiger partial charge in [0.2, 0.25) is 5.91 Å². The Labute approximate surface area is 226 Å². The second-order valence-electron chi connectivity index (χ2n) is 9.08. The van der Waals surface area contributed by atoms with Crippen molar-refractivity contribution >= 4 is 50.9 Å². The van der Waals surface area contributed by atoms with Crippen molar-refractivity contribution < 1.29 is 19.1 Å². The number of carbonyl (C=O) groups is 2. The van der Waals surface area contributed by atoms with Crippen LogP contribution in [0.4, 0.5) is 0 Å². The van der Waals surface area contributed by atoms with Crippen LogP contribution in [0.15, 0.2) is 34.8 Å². The van der Waals surface area contributed by atoms with Crippen molar-refractivity contribution in [3.8, 4) is 28.4 Å². The number of rotatable bonds is 3. The smallest absolute Gasteiger partial charge is 0.279 e. The Kier molecular flexibility index (Phi) is 6.43. The molecule has 2 aliphatic heterocycles. The van der Waals surface area contributed by atoms with Gasteiger partial charge in [-0.1, -0.05) is 23.2 Å². The lowest BCUT2D eigenvalue weighted by Crippen LogP contribution is -2.63. The first kappa shape index (κ1) is 24.9. The fraction of sp³-hybridized carbons (Fsp3) is 0.320. The molecule has 8 nitrogen and oxygen atoms in total. The highest BCUT2D eigenvalue weighted by molar-refractivity contribution is 9.10. The van der Waals surface area contributed by atoms with Gasteiger partial charge in [-0.15, -0.1) is 0 Å². The van der Waals surface area contributed by atoms with Crippen LogP contribution in [0.25, 0.3) is 16.9 Å². The molecule has 3 heterocycles. The van der Waals surface area contributed by atoms with E-state index in [4.69, 9.17) is 37.8 Å². The number of amides is 2. The molecule has 1 saturated heterocycles.